The molecule has 4 saturated carbocycles. The van der Waals surface area contributed by atoms with Crippen LogP contribution in [0.5, 0.6) is 0 Å². The third-order valence-electron chi connectivity index (χ3n) is 14.6. The van der Waals surface area contributed by atoms with Gasteiger partial charge in [0.1, 0.15) is 0 Å². The third kappa shape index (κ3) is 8.02. The van der Waals surface area contributed by atoms with E-state index in [0.29, 0.717) is 5.71 Å². The first kappa shape index (κ1) is 43.4. The summed E-state index contributed by atoms with van der Waals surface area (Å²) in [6, 6.07) is 44.5. The molecule has 13 rings (SSSR count). The van der Waals surface area contributed by atoms with Crippen molar-refractivity contribution in [3.8, 4) is 39.5 Å². The maximum atomic E-state index is 6.42. The number of nitrogens with zero attached hydrogens (tertiary/aromatic N) is 5. The molecule has 5 aromatic heterocycles. The number of aromatic nitrogens is 5. The Morgan fingerprint density at radius 1 is 0.754 bits per heavy atom. The Morgan fingerprint density at radius 3 is 2.23 bits per heavy atom. The predicted molar refractivity (Wildman–Crippen MR) is 264 cm³/mol. The molecular weight excluding hydrogens is 991 g/mol. The van der Waals surface area contributed by atoms with Crippen molar-refractivity contribution >= 4 is 46.4 Å². The molecule has 0 unspecified atom stereocenters. The molecule has 0 amide bonds. The van der Waals surface area contributed by atoms with Crippen LogP contribution in [0.1, 0.15) is 54.6 Å². The molecule has 0 saturated heterocycles. The number of para-hydroxylation sites is 1. The van der Waals surface area contributed by atoms with E-state index in [4.69, 9.17) is 14.4 Å². The number of pyridine rings is 3. The van der Waals surface area contributed by atoms with Crippen molar-refractivity contribution in [2.45, 2.75) is 78.9 Å². The first-order valence-corrected chi connectivity index (χ1v) is 26.7. The molecule has 4 aliphatic rings. The molecular formula is C57H55IrN5OSi-2. The normalized spacial score (nSPS) is 19.9. The Bertz CT molecular complexity index is 3160. The maximum absolute atomic E-state index is 6.42. The molecule has 4 fully saturated rings. The summed E-state index contributed by atoms with van der Waals surface area (Å²) in [6.07, 6.45) is 13.0. The van der Waals surface area contributed by atoms with Crippen LogP contribution < -0.4 is 5.19 Å². The molecule has 4 aliphatic carbocycles. The van der Waals surface area contributed by atoms with Crippen LogP contribution in [0, 0.1) is 62.5 Å². The fraction of sp³-hybridized carbons (Fsp3) is 0.298. The molecule has 9 aromatic rings. The van der Waals surface area contributed by atoms with Gasteiger partial charge in [-0.05, 0) is 129 Å². The van der Waals surface area contributed by atoms with Crippen molar-refractivity contribution in [3.05, 3.63) is 156 Å². The topological polar surface area (TPSA) is 69.6 Å². The van der Waals surface area contributed by atoms with E-state index in [0.717, 1.165) is 113 Å². The number of benzene rings is 4. The van der Waals surface area contributed by atoms with Gasteiger partial charge in [-0.1, -0.05) is 90.8 Å². The predicted octanol–water partition coefficient (Wildman–Crippen LogP) is 13.5. The van der Waals surface area contributed by atoms with E-state index in [1.807, 2.05) is 56.4 Å². The van der Waals surface area contributed by atoms with E-state index in [1.54, 1.807) is 17.2 Å². The Kier molecular flexibility index (Phi) is 11.6. The van der Waals surface area contributed by atoms with Crippen LogP contribution in [0.4, 0.5) is 0 Å². The molecule has 0 aliphatic heterocycles. The van der Waals surface area contributed by atoms with Crippen LogP contribution in [0.15, 0.2) is 126 Å². The number of hydrogen-bond acceptors (Lipinski definition) is 5. The molecule has 6 nitrogen and oxygen atoms in total. The molecule has 1 radical (unpaired) electrons. The van der Waals surface area contributed by atoms with Crippen LogP contribution in [-0.2, 0) is 26.5 Å². The number of rotatable bonds is 7. The second-order valence-corrected chi connectivity index (χ2v) is 25.0. The minimum Gasteiger partial charge on any atom is -0.486 e. The van der Waals surface area contributed by atoms with Gasteiger partial charge in [0.05, 0.1) is 36.2 Å². The van der Waals surface area contributed by atoms with E-state index >= 15 is 0 Å². The van der Waals surface area contributed by atoms with Gasteiger partial charge >= 0.3 is 0 Å². The fourth-order valence-electron chi connectivity index (χ4n) is 12.0. The van der Waals surface area contributed by atoms with Gasteiger partial charge in [0.2, 0.25) is 5.71 Å². The first-order chi connectivity index (χ1) is 31.1. The Labute approximate surface area is 397 Å². The van der Waals surface area contributed by atoms with E-state index in [2.05, 4.69) is 132 Å². The zero-order valence-corrected chi connectivity index (χ0v) is 41.5. The van der Waals surface area contributed by atoms with Crippen molar-refractivity contribution in [3.63, 3.8) is 0 Å². The van der Waals surface area contributed by atoms with Crippen molar-refractivity contribution in [2.75, 3.05) is 0 Å². The van der Waals surface area contributed by atoms with Crippen LogP contribution in [0.3, 0.4) is 0 Å². The maximum Gasteiger partial charge on any atom is 0.216 e. The summed E-state index contributed by atoms with van der Waals surface area (Å²) in [5, 5.41) is 3.62. The van der Waals surface area contributed by atoms with Gasteiger partial charge < -0.3 is 14.0 Å². The monoisotopic (exact) mass is 1050 g/mol. The van der Waals surface area contributed by atoms with Gasteiger partial charge in [-0.2, -0.15) is 0 Å². The molecule has 4 bridgehead atoms. The number of furan rings is 1. The molecule has 0 N–H and O–H groups in total. The number of aryl methyl sites for hydroxylation is 3. The van der Waals surface area contributed by atoms with Crippen LogP contribution >= 0.6 is 0 Å². The molecule has 0 atom stereocenters. The van der Waals surface area contributed by atoms with E-state index < -0.39 is 8.07 Å². The average Bonchev–Trinajstić information content (AvgIpc) is 3.88. The van der Waals surface area contributed by atoms with E-state index in [-0.39, 0.29) is 20.1 Å². The summed E-state index contributed by atoms with van der Waals surface area (Å²) in [5.41, 5.74) is 14.1. The van der Waals surface area contributed by atoms with Crippen molar-refractivity contribution in [1.29, 1.82) is 0 Å². The van der Waals surface area contributed by atoms with Gasteiger partial charge in [-0.15, -0.1) is 54.1 Å². The van der Waals surface area contributed by atoms with Gasteiger partial charge in [-0.25, -0.2) is 4.98 Å². The fourth-order valence-corrected chi connectivity index (χ4v) is 13.6. The smallest absolute Gasteiger partial charge is 0.216 e. The average molecular weight is 1050 g/mol. The summed E-state index contributed by atoms with van der Waals surface area (Å²) < 4.78 is 8.63. The molecule has 65 heavy (non-hydrogen) atoms. The van der Waals surface area contributed by atoms with Crippen molar-refractivity contribution in [2.24, 2.45) is 29.6 Å². The SMILES string of the molecule is C[Si](C)(C)c1cnc(-c2[c-]cccc2)cc1CC1C2CC3CC(C2)CC1C3.Cc1cc(C)c2c(n1)oc1c(-c3nc4c(C)nccc4n3-c3ccccc3-c3ccccc3)[c-]ccc12.[Ir]. The summed E-state index contributed by atoms with van der Waals surface area (Å²) in [5.74, 6) is 5.79. The Balaban J connectivity index is 0.000000158. The van der Waals surface area contributed by atoms with Gasteiger partial charge in [0, 0.05) is 54.8 Å². The minimum atomic E-state index is -1.40. The molecule has 329 valence electrons. The quantitative estimate of drug-likeness (QED) is 0.117. The molecule has 4 aromatic carbocycles. The minimum absolute atomic E-state index is 0. The van der Waals surface area contributed by atoms with Gasteiger partial charge in [0.15, 0.2) is 0 Å². The number of imidazole rings is 1. The van der Waals surface area contributed by atoms with Gasteiger partial charge in [-0.3, -0.25) is 9.97 Å². The number of hydrogen-bond donors (Lipinski definition) is 0. The van der Waals surface area contributed by atoms with Crippen LogP contribution in [0.25, 0.3) is 72.6 Å². The summed E-state index contributed by atoms with van der Waals surface area (Å²) in [4.78, 5) is 19.2. The summed E-state index contributed by atoms with van der Waals surface area (Å²) >= 11 is 0. The summed E-state index contributed by atoms with van der Waals surface area (Å²) in [6.45, 7) is 13.5. The zero-order valence-electron chi connectivity index (χ0n) is 38.2. The van der Waals surface area contributed by atoms with Gasteiger partial charge in [0.25, 0.3) is 0 Å². The van der Waals surface area contributed by atoms with E-state index in [1.165, 1.54) is 32.1 Å². The van der Waals surface area contributed by atoms with Crippen LogP contribution in [-0.4, -0.2) is 32.6 Å². The largest absolute Gasteiger partial charge is 0.486 e. The standard InChI is InChI=1S/C32H23N4O.C25H32NSi.Ir/c1-19-18-20(2)34-32-28(19)24-13-9-14-25(30(24)37-32)31-35-29-21(3)33-17-16-27(29)36(31)26-15-8-7-12-23(26)22-10-5-4-6-11-22;1-27(2,3)25-16-26-24(19-7-5-4-6-8-19)15-22(25)14-23-20-10-17-9-18(12-20)13-21(23)11-17;/h4-13,15-18H,1-3H3;4-7,15-18,20-21,23H,9-14H2,1-3H3;/q2*-1;. The molecule has 8 heteroatoms. The zero-order chi connectivity index (χ0) is 43.7. The second-order valence-electron chi connectivity index (χ2n) is 19.9. The second kappa shape index (κ2) is 17.4. The molecule has 5 heterocycles. The first-order valence-electron chi connectivity index (χ1n) is 23.2. The van der Waals surface area contributed by atoms with Crippen molar-refractivity contribution < 1.29 is 24.5 Å². The molecule has 0 spiro atoms. The third-order valence-corrected chi connectivity index (χ3v) is 16.7. The van der Waals surface area contributed by atoms with E-state index in [9.17, 15) is 0 Å². The van der Waals surface area contributed by atoms with Crippen molar-refractivity contribution in [1.82, 2.24) is 24.5 Å². The van der Waals surface area contributed by atoms with Crippen LogP contribution in [0.2, 0.25) is 19.6 Å². The number of fused-ring (bicyclic) bond motifs is 4. The Hall–Kier alpha value is -5.53. The summed E-state index contributed by atoms with van der Waals surface area (Å²) in [7, 11) is -1.40. The Morgan fingerprint density at radius 2 is 1.49 bits per heavy atom.